The lowest BCUT2D eigenvalue weighted by atomic mass is 10.2. The van der Waals surface area contributed by atoms with Crippen LogP contribution in [0.4, 0.5) is 0 Å². The van der Waals surface area contributed by atoms with Gasteiger partial charge in [0.1, 0.15) is 0 Å². The number of ether oxygens (including phenoxy) is 2. The molecule has 108 valence electrons. The first-order valence-electron chi connectivity index (χ1n) is 6.10. The minimum atomic E-state index is -3.35. The van der Waals surface area contributed by atoms with E-state index in [4.69, 9.17) is 9.47 Å². The number of benzene rings is 1. The molecule has 6 heteroatoms. The van der Waals surface area contributed by atoms with Gasteiger partial charge < -0.3 is 9.47 Å². The molecule has 5 nitrogen and oxygen atoms in total. The summed E-state index contributed by atoms with van der Waals surface area (Å²) in [7, 11) is -0.239. The number of nitrogens with zero attached hydrogens (tertiary/aromatic N) is 1. The third-order valence-corrected chi connectivity index (χ3v) is 4.52. The number of sulfonamides is 1. The molecule has 0 saturated carbocycles. The molecule has 0 N–H and O–H groups in total. The van der Waals surface area contributed by atoms with Crippen LogP contribution in [0.15, 0.2) is 30.3 Å². The predicted molar refractivity (Wildman–Crippen MR) is 74.4 cm³/mol. The van der Waals surface area contributed by atoms with Crippen LogP contribution >= 0.6 is 0 Å². The van der Waals surface area contributed by atoms with Gasteiger partial charge in [-0.1, -0.05) is 30.3 Å². The Morgan fingerprint density at radius 2 is 1.53 bits per heavy atom. The molecule has 0 radical (unpaired) electrons. The Balaban J connectivity index is 2.74. The number of methoxy groups -OCH3 is 2. The SMILES string of the molecule is COCCN(CCOC)S(=O)(=O)Cc1ccccc1. The normalized spacial score (nSPS) is 11.9. The highest BCUT2D eigenvalue weighted by atomic mass is 32.2. The highest BCUT2D eigenvalue weighted by Crippen LogP contribution is 2.10. The monoisotopic (exact) mass is 287 g/mol. The molecule has 19 heavy (non-hydrogen) atoms. The largest absolute Gasteiger partial charge is 0.383 e. The lowest BCUT2D eigenvalue weighted by molar-refractivity contribution is 0.150. The molecule has 0 aliphatic rings. The molecule has 0 aliphatic heterocycles. The van der Waals surface area contributed by atoms with Crippen molar-refractivity contribution in [3.8, 4) is 0 Å². The van der Waals surface area contributed by atoms with Crippen LogP contribution in [0.25, 0.3) is 0 Å². The number of rotatable bonds is 9. The minimum Gasteiger partial charge on any atom is -0.383 e. The quantitative estimate of drug-likeness (QED) is 0.683. The standard InChI is InChI=1S/C13H21NO4S/c1-17-10-8-14(9-11-18-2)19(15,16)12-13-6-4-3-5-7-13/h3-7H,8-12H2,1-2H3. The Labute approximate surface area is 115 Å². The van der Waals surface area contributed by atoms with Crippen molar-refractivity contribution >= 4 is 10.0 Å². The summed E-state index contributed by atoms with van der Waals surface area (Å²) in [5.74, 6) is 0.00126. The number of hydrogen-bond acceptors (Lipinski definition) is 4. The van der Waals surface area contributed by atoms with Gasteiger partial charge in [0.15, 0.2) is 0 Å². The van der Waals surface area contributed by atoms with Gasteiger partial charge in [0.2, 0.25) is 10.0 Å². The van der Waals surface area contributed by atoms with E-state index in [1.807, 2.05) is 30.3 Å². The zero-order valence-corrected chi connectivity index (χ0v) is 12.2. The van der Waals surface area contributed by atoms with Gasteiger partial charge in [0.05, 0.1) is 19.0 Å². The first-order valence-corrected chi connectivity index (χ1v) is 7.70. The van der Waals surface area contributed by atoms with E-state index in [9.17, 15) is 8.42 Å². The summed E-state index contributed by atoms with van der Waals surface area (Å²) in [5, 5.41) is 0. The van der Waals surface area contributed by atoms with Crippen molar-refractivity contribution in [1.82, 2.24) is 4.31 Å². The van der Waals surface area contributed by atoms with E-state index in [0.29, 0.717) is 26.3 Å². The summed E-state index contributed by atoms with van der Waals surface area (Å²) in [6, 6.07) is 9.15. The first-order chi connectivity index (χ1) is 9.10. The fraction of sp³-hybridized carbons (Fsp3) is 0.538. The topological polar surface area (TPSA) is 55.8 Å². The van der Waals surface area contributed by atoms with Crippen molar-refractivity contribution in [2.75, 3.05) is 40.5 Å². The molecule has 1 aromatic carbocycles. The van der Waals surface area contributed by atoms with Crippen molar-refractivity contribution in [1.29, 1.82) is 0 Å². The van der Waals surface area contributed by atoms with E-state index < -0.39 is 10.0 Å². The van der Waals surface area contributed by atoms with Crippen LogP contribution in [0.3, 0.4) is 0 Å². The van der Waals surface area contributed by atoms with E-state index in [2.05, 4.69) is 0 Å². The van der Waals surface area contributed by atoms with E-state index in [-0.39, 0.29) is 5.75 Å². The average Bonchev–Trinajstić information content (AvgIpc) is 2.39. The van der Waals surface area contributed by atoms with Crippen LogP contribution < -0.4 is 0 Å². The predicted octanol–water partition coefficient (Wildman–Crippen LogP) is 1.11. The molecule has 0 unspecified atom stereocenters. The molecule has 0 bridgehead atoms. The molecule has 0 saturated heterocycles. The highest BCUT2D eigenvalue weighted by molar-refractivity contribution is 7.88. The molecule has 0 atom stereocenters. The smallest absolute Gasteiger partial charge is 0.218 e. The number of hydrogen-bond donors (Lipinski definition) is 0. The van der Waals surface area contributed by atoms with Gasteiger partial charge in [0, 0.05) is 27.3 Å². The second-order valence-corrected chi connectivity index (χ2v) is 6.10. The lowest BCUT2D eigenvalue weighted by Crippen LogP contribution is -2.37. The molecule has 0 amide bonds. The van der Waals surface area contributed by atoms with Crippen LogP contribution in [0.5, 0.6) is 0 Å². The minimum absolute atomic E-state index is 0.00126. The Bertz CT molecular complexity index is 439. The van der Waals surface area contributed by atoms with Gasteiger partial charge in [-0.15, -0.1) is 0 Å². The second-order valence-electron chi connectivity index (χ2n) is 4.13. The van der Waals surface area contributed by atoms with E-state index in [0.717, 1.165) is 5.56 Å². The van der Waals surface area contributed by atoms with Crippen LogP contribution in [0, 0.1) is 0 Å². The van der Waals surface area contributed by atoms with Gasteiger partial charge in [-0.25, -0.2) is 8.42 Å². The van der Waals surface area contributed by atoms with Gasteiger partial charge in [-0.05, 0) is 5.56 Å². The maximum atomic E-state index is 12.3. The summed E-state index contributed by atoms with van der Waals surface area (Å²) in [5.41, 5.74) is 0.780. The van der Waals surface area contributed by atoms with Gasteiger partial charge >= 0.3 is 0 Å². The first kappa shape index (κ1) is 16.1. The summed E-state index contributed by atoms with van der Waals surface area (Å²) >= 11 is 0. The van der Waals surface area contributed by atoms with Crippen molar-refractivity contribution in [2.24, 2.45) is 0 Å². The molecule has 0 fully saturated rings. The van der Waals surface area contributed by atoms with Crippen LogP contribution in [0.2, 0.25) is 0 Å². The average molecular weight is 287 g/mol. The summed E-state index contributed by atoms with van der Waals surface area (Å²) in [4.78, 5) is 0. The molecule has 1 rings (SSSR count). The lowest BCUT2D eigenvalue weighted by Gasteiger charge is -2.21. The molecule has 0 spiro atoms. The Hall–Kier alpha value is -0.950. The van der Waals surface area contributed by atoms with Crippen molar-refractivity contribution in [3.05, 3.63) is 35.9 Å². The molecular weight excluding hydrogens is 266 g/mol. The Kier molecular flexibility index (Phi) is 7.01. The second kappa shape index (κ2) is 8.27. The maximum Gasteiger partial charge on any atom is 0.218 e. The van der Waals surface area contributed by atoms with Crippen LogP contribution in [0.1, 0.15) is 5.56 Å². The zero-order valence-electron chi connectivity index (χ0n) is 11.4. The highest BCUT2D eigenvalue weighted by Gasteiger charge is 2.21. The van der Waals surface area contributed by atoms with Crippen molar-refractivity contribution < 1.29 is 17.9 Å². The summed E-state index contributed by atoms with van der Waals surface area (Å²) in [6.07, 6.45) is 0. The van der Waals surface area contributed by atoms with Crippen molar-refractivity contribution in [3.63, 3.8) is 0 Å². The molecule has 0 heterocycles. The third-order valence-electron chi connectivity index (χ3n) is 2.67. The third kappa shape index (κ3) is 5.69. The molecule has 1 aromatic rings. The molecular formula is C13H21NO4S. The van der Waals surface area contributed by atoms with Gasteiger partial charge in [-0.3, -0.25) is 0 Å². The Morgan fingerprint density at radius 1 is 1.00 bits per heavy atom. The van der Waals surface area contributed by atoms with E-state index in [1.165, 1.54) is 4.31 Å². The fourth-order valence-corrected chi connectivity index (χ4v) is 3.15. The summed E-state index contributed by atoms with van der Waals surface area (Å²) in [6.45, 7) is 1.43. The maximum absolute atomic E-state index is 12.3. The molecule has 0 aromatic heterocycles. The van der Waals surface area contributed by atoms with Crippen LogP contribution in [-0.2, 0) is 25.2 Å². The molecule has 0 aliphatic carbocycles. The van der Waals surface area contributed by atoms with Crippen LogP contribution in [-0.4, -0.2) is 53.2 Å². The van der Waals surface area contributed by atoms with Gasteiger partial charge in [-0.2, -0.15) is 4.31 Å². The summed E-state index contributed by atoms with van der Waals surface area (Å²) < 4.78 is 36.0. The fourth-order valence-electron chi connectivity index (χ4n) is 1.65. The zero-order chi connectivity index (χ0) is 14.1. The van der Waals surface area contributed by atoms with E-state index in [1.54, 1.807) is 14.2 Å². The van der Waals surface area contributed by atoms with Crippen molar-refractivity contribution in [2.45, 2.75) is 5.75 Å². The Morgan fingerprint density at radius 3 is 2.00 bits per heavy atom. The van der Waals surface area contributed by atoms with E-state index >= 15 is 0 Å². The van der Waals surface area contributed by atoms with Gasteiger partial charge in [0.25, 0.3) is 0 Å².